The van der Waals surface area contributed by atoms with Gasteiger partial charge in [0.25, 0.3) is 5.91 Å². The normalized spacial score (nSPS) is 11.5. The number of carbonyl (C=O) groups excluding carboxylic acids is 1. The van der Waals surface area contributed by atoms with E-state index in [-0.39, 0.29) is 11.6 Å². The lowest BCUT2D eigenvalue weighted by Gasteiger charge is -2.09. The summed E-state index contributed by atoms with van der Waals surface area (Å²) in [5, 5.41) is 14.4. The van der Waals surface area contributed by atoms with E-state index in [1.807, 2.05) is 0 Å². The maximum absolute atomic E-state index is 12.2. The highest BCUT2D eigenvalue weighted by atomic mass is 79.9. The topological polar surface area (TPSA) is 114 Å². The van der Waals surface area contributed by atoms with Crippen molar-refractivity contribution in [2.75, 3.05) is 5.32 Å². The van der Waals surface area contributed by atoms with E-state index in [2.05, 4.69) is 31.4 Å². The first kappa shape index (κ1) is 15.0. The summed E-state index contributed by atoms with van der Waals surface area (Å²) in [6.07, 6.45) is 0. The monoisotopic (exact) mass is 352 g/mol. The number of oxime groups is 1. The van der Waals surface area contributed by atoms with Crippen LogP contribution in [0.15, 0.2) is 32.2 Å². The minimum absolute atomic E-state index is 0.114. The fourth-order valence-corrected chi connectivity index (χ4v) is 2.17. The minimum atomic E-state index is -0.456. The zero-order valence-electron chi connectivity index (χ0n) is 11.3. The number of amidine groups is 1. The van der Waals surface area contributed by atoms with Crippen LogP contribution >= 0.6 is 15.9 Å². The number of nitrogens with two attached hydrogens (primary N) is 1. The molecule has 0 radical (unpaired) electrons. The Morgan fingerprint density at radius 1 is 1.48 bits per heavy atom. The number of aryl methyl sites for hydroxylation is 2. The van der Waals surface area contributed by atoms with E-state index < -0.39 is 5.91 Å². The van der Waals surface area contributed by atoms with Crippen LogP contribution in [-0.2, 0) is 0 Å². The SMILES string of the molecule is Cc1nc(C)c(C(=O)Nc2ccc(Br)cc2/C(N)=N/O)o1. The zero-order valence-corrected chi connectivity index (χ0v) is 12.9. The summed E-state index contributed by atoms with van der Waals surface area (Å²) in [5.74, 6) is -0.0366. The molecule has 0 atom stereocenters. The van der Waals surface area contributed by atoms with Crippen molar-refractivity contribution in [3.05, 3.63) is 45.6 Å². The van der Waals surface area contributed by atoms with Gasteiger partial charge in [0, 0.05) is 17.0 Å². The number of hydrogen-bond donors (Lipinski definition) is 3. The lowest BCUT2D eigenvalue weighted by Crippen LogP contribution is -2.19. The number of nitrogens with zero attached hydrogens (tertiary/aromatic N) is 2. The van der Waals surface area contributed by atoms with Gasteiger partial charge in [0.2, 0.25) is 5.76 Å². The van der Waals surface area contributed by atoms with Gasteiger partial charge in [0.15, 0.2) is 11.7 Å². The Balaban J connectivity index is 2.35. The molecule has 1 amide bonds. The third-order valence-corrected chi connectivity index (χ3v) is 3.22. The molecule has 21 heavy (non-hydrogen) atoms. The maximum atomic E-state index is 12.2. The number of benzene rings is 1. The van der Waals surface area contributed by atoms with Crippen molar-refractivity contribution < 1.29 is 14.4 Å². The van der Waals surface area contributed by atoms with E-state index in [0.717, 1.165) is 4.47 Å². The number of oxazole rings is 1. The summed E-state index contributed by atoms with van der Waals surface area (Å²) in [5.41, 5.74) is 6.88. The van der Waals surface area contributed by atoms with E-state index in [0.29, 0.717) is 22.8 Å². The van der Waals surface area contributed by atoms with Gasteiger partial charge in [0.1, 0.15) is 0 Å². The first-order valence-electron chi connectivity index (χ1n) is 5.95. The summed E-state index contributed by atoms with van der Waals surface area (Å²) < 4.78 is 5.99. The van der Waals surface area contributed by atoms with E-state index in [1.54, 1.807) is 32.0 Å². The number of halogens is 1. The quantitative estimate of drug-likeness (QED) is 0.339. The van der Waals surface area contributed by atoms with Gasteiger partial charge in [0.05, 0.1) is 11.4 Å². The van der Waals surface area contributed by atoms with Crippen molar-refractivity contribution in [2.45, 2.75) is 13.8 Å². The fraction of sp³-hybridized carbons (Fsp3) is 0.154. The molecule has 2 aromatic rings. The van der Waals surface area contributed by atoms with Crippen LogP contribution in [-0.4, -0.2) is 21.9 Å². The average molecular weight is 353 g/mol. The van der Waals surface area contributed by atoms with Crippen LogP contribution < -0.4 is 11.1 Å². The number of amides is 1. The predicted octanol–water partition coefficient (Wildman–Crippen LogP) is 2.40. The van der Waals surface area contributed by atoms with Crippen molar-refractivity contribution in [3.63, 3.8) is 0 Å². The molecule has 0 aliphatic rings. The minimum Gasteiger partial charge on any atom is -0.436 e. The third-order valence-electron chi connectivity index (χ3n) is 2.72. The maximum Gasteiger partial charge on any atom is 0.293 e. The van der Waals surface area contributed by atoms with Crippen LogP contribution in [0.5, 0.6) is 0 Å². The van der Waals surface area contributed by atoms with Crippen molar-refractivity contribution in [2.24, 2.45) is 10.9 Å². The Labute approximate surface area is 129 Å². The highest BCUT2D eigenvalue weighted by molar-refractivity contribution is 9.10. The van der Waals surface area contributed by atoms with Gasteiger partial charge in [-0.05, 0) is 25.1 Å². The van der Waals surface area contributed by atoms with Crippen molar-refractivity contribution >= 4 is 33.4 Å². The summed E-state index contributed by atoms with van der Waals surface area (Å²) in [6, 6.07) is 4.99. The number of rotatable bonds is 3. The average Bonchev–Trinajstić information content (AvgIpc) is 2.78. The summed E-state index contributed by atoms with van der Waals surface area (Å²) in [7, 11) is 0. The molecule has 0 spiro atoms. The first-order valence-corrected chi connectivity index (χ1v) is 6.74. The molecule has 0 aliphatic heterocycles. The molecular formula is C13H13BrN4O3. The van der Waals surface area contributed by atoms with Crippen molar-refractivity contribution in [3.8, 4) is 0 Å². The van der Waals surface area contributed by atoms with Crippen molar-refractivity contribution in [1.82, 2.24) is 4.98 Å². The fourth-order valence-electron chi connectivity index (χ4n) is 1.81. The molecule has 4 N–H and O–H groups in total. The Morgan fingerprint density at radius 3 is 2.76 bits per heavy atom. The Morgan fingerprint density at radius 2 is 2.19 bits per heavy atom. The number of aromatic nitrogens is 1. The molecule has 110 valence electrons. The van der Waals surface area contributed by atoms with Crippen LogP contribution in [0.2, 0.25) is 0 Å². The molecule has 8 heteroatoms. The van der Waals surface area contributed by atoms with E-state index in [1.165, 1.54) is 0 Å². The first-order chi connectivity index (χ1) is 9.92. The van der Waals surface area contributed by atoms with Gasteiger partial charge in [-0.2, -0.15) is 0 Å². The molecule has 0 saturated heterocycles. The van der Waals surface area contributed by atoms with Crippen LogP contribution in [0, 0.1) is 13.8 Å². The molecule has 0 aliphatic carbocycles. The summed E-state index contributed by atoms with van der Waals surface area (Å²) in [6.45, 7) is 3.34. The molecule has 2 rings (SSSR count). The third kappa shape index (κ3) is 3.22. The standard InChI is InChI=1S/C13H13BrN4O3/c1-6-11(21-7(2)16-6)13(19)17-10-4-3-8(14)5-9(10)12(15)18-20/h3-5,20H,1-2H3,(H2,15,18)(H,17,19). The lowest BCUT2D eigenvalue weighted by atomic mass is 10.1. The summed E-state index contributed by atoms with van der Waals surface area (Å²) >= 11 is 3.29. The van der Waals surface area contributed by atoms with E-state index >= 15 is 0 Å². The predicted molar refractivity (Wildman–Crippen MR) is 80.6 cm³/mol. The molecule has 0 fully saturated rings. The number of anilines is 1. The Kier molecular flexibility index (Phi) is 4.27. The Bertz CT molecular complexity index is 724. The van der Waals surface area contributed by atoms with Crippen molar-refractivity contribution in [1.29, 1.82) is 0 Å². The van der Waals surface area contributed by atoms with Gasteiger partial charge in [-0.3, -0.25) is 4.79 Å². The molecule has 0 bridgehead atoms. The second-order valence-electron chi connectivity index (χ2n) is 4.28. The van der Waals surface area contributed by atoms with Gasteiger partial charge < -0.3 is 20.7 Å². The zero-order chi connectivity index (χ0) is 15.6. The van der Waals surface area contributed by atoms with E-state index in [9.17, 15) is 4.79 Å². The second kappa shape index (κ2) is 5.96. The van der Waals surface area contributed by atoms with Gasteiger partial charge in [-0.15, -0.1) is 0 Å². The van der Waals surface area contributed by atoms with Crippen LogP contribution in [0.1, 0.15) is 27.7 Å². The van der Waals surface area contributed by atoms with Crippen LogP contribution in [0.3, 0.4) is 0 Å². The highest BCUT2D eigenvalue weighted by Crippen LogP contribution is 2.22. The molecule has 7 nitrogen and oxygen atoms in total. The molecule has 1 aromatic heterocycles. The van der Waals surface area contributed by atoms with Gasteiger partial charge in [-0.1, -0.05) is 21.1 Å². The van der Waals surface area contributed by atoms with Crippen LogP contribution in [0.25, 0.3) is 0 Å². The Hall–Kier alpha value is -2.35. The molecule has 1 aromatic carbocycles. The van der Waals surface area contributed by atoms with E-state index in [4.69, 9.17) is 15.4 Å². The molecular weight excluding hydrogens is 340 g/mol. The smallest absolute Gasteiger partial charge is 0.293 e. The molecule has 0 unspecified atom stereocenters. The second-order valence-corrected chi connectivity index (χ2v) is 5.19. The number of nitrogens with one attached hydrogen (secondary N) is 1. The van der Waals surface area contributed by atoms with Gasteiger partial charge >= 0.3 is 0 Å². The van der Waals surface area contributed by atoms with Crippen LogP contribution in [0.4, 0.5) is 5.69 Å². The largest absolute Gasteiger partial charge is 0.436 e. The molecule has 1 heterocycles. The highest BCUT2D eigenvalue weighted by Gasteiger charge is 2.18. The number of hydrogen-bond acceptors (Lipinski definition) is 5. The lowest BCUT2D eigenvalue weighted by molar-refractivity contribution is 0.0994. The van der Waals surface area contributed by atoms with Gasteiger partial charge in [-0.25, -0.2) is 4.98 Å². The number of carbonyl (C=O) groups is 1. The molecule has 0 saturated carbocycles. The summed E-state index contributed by atoms with van der Waals surface area (Å²) in [4.78, 5) is 16.2.